The Bertz CT molecular complexity index is 541. The van der Waals surface area contributed by atoms with E-state index in [1.165, 1.54) is 0 Å². The topological polar surface area (TPSA) is 68.3 Å². The molecule has 1 fully saturated rings. The first-order valence-electron chi connectivity index (χ1n) is 7.48. The number of hydrogen-bond acceptors (Lipinski definition) is 3. The lowest BCUT2D eigenvalue weighted by atomic mass is 9.73. The molecule has 1 amide bonds. The van der Waals surface area contributed by atoms with Crippen LogP contribution in [0.5, 0.6) is 0 Å². The molecule has 1 unspecified atom stereocenters. The molecule has 0 aliphatic heterocycles. The molecule has 2 aliphatic rings. The average Bonchev–Trinajstić information content (AvgIpc) is 2.64. The number of nitrogens with two attached hydrogens (primary N) is 1. The minimum atomic E-state index is -0.638. The third kappa shape index (κ3) is 2.26. The van der Waals surface area contributed by atoms with Crippen molar-refractivity contribution >= 4 is 5.91 Å². The Balaban J connectivity index is 1.83. The number of amides is 1. The predicted molar refractivity (Wildman–Crippen MR) is 77.2 cm³/mol. The van der Waals surface area contributed by atoms with E-state index in [1.807, 2.05) is 6.92 Å². The summed E-state index contributed by atoms with van der Waals surface area (Å²) >= 11 is 0. The number of rotatable bonds is 2. The quantitative estimate of drug-likeness (QED) is 0.872. The van der Waals surface area contributed by atoms with E-state index >= 15 is 0 Å². The van der Waals surface area contributed by atoms with Gasteiger partial charge in [0.15, 0.2) is 0 Å². The lowest BCUT2D eigenvalue weighted by Gasteiger charge is -2.40. The minimum absolute atomic E-state index is 0.00347. The van der Waals surface area contributed by atoms with Gasteiger partial charge in [-0.3, -0.25) is 4.79 Å². The normalized spacial score (nSPS) is 26.5. The van der Waals surface area contributed by atoms with E-state index in [1.54, 1.807) is 0 Å². The van der Waals surface area contributed by atoms with Gasteiger partial charge in [0, 0.05) is 12.0 Å². The summed E-state index contributed by atoms with van der Waals surface area (Å²) in [5, 5.41) is 3.16. The smallest absolute Gasteiger partial charge is 0.240 e. The van der Waals surface area contributed by atoms with Crippen LogP contribution in [0, 0.1) is 12.3 Å². The summed E-state index contributed by atoms with van der Waals surface area (Å²) in [6.45, 7) is 6.39. The number of nitrogens with one attached hydrogen (secondary N) is 1. The van der Waals surface area contributed by atoms with E-state index in [2.05, 4.69) is 25.2 Å². The molecule has 0 aromatic carbocycles. The fourth-order valence-corrected chi connectivity index (χ4v) is 3.40. The van der Waals surface area contributed by atoms with Crippen molar-refractivity contribution in [3.63, 3.8) is 0 Å². The molecule has 2 aliphatic carbocycles. The highest BCUT2D eigenvalue weighted by atomic mass is 16.3. The van der Waals surface area contributed by atoms with Crippen LogP contribution in [0.1, 0.15) is 62.7 Å². The molecule has 0 spiro atoms. The van der Waals surface area contributed by atoms with Crippen LogP contribution in [0.15, 0.2) is 10.5 Å². The van der Waals surface area contributed by atoms with Gasteiger partial charge in [-0.25, -0.2) is 0 Å². The van der Waals surface area contributed by atoms with Crippen molar-refractivity contribution < 1.29 is 9.21 Å². The number of carbonyl (C=O) groups is 1. The molecule has 20 heavy (non-hydrogen) atoms. The predicted octanol–water partition coefficient (Wildman–Crippen LogP) is 2.60. The van der Waals surface area contributed by atoms with Crippen molar-refractivity contribution in [2.24, 2.45) is 11.1 Å². The van der Waals surface area contributed by atoms with Crippen LogP contribution in [0.25, 0.3) is 0 Å². The lowest BCUT2D eigenvalue weighted by molar-refractivity contribution is -0.130. The van der Waals surface area contributed by atoms with Crippen molar-refractivity contribution in [2.45, 2.75) is 64.5 Å². The van der Waals surface area contributed by atoms with Gasteiger partial charge < -0.3 is 15.5 Å². The molecule has 1 aromatic rings. The lowest BCUT2D eigenvalue weighted by Crippen LogP contribution is -2.59. The van der Waals surface area contributed by atoms with E-state index in [0.29, 0.717) is 0 Å². The Kier molecular flexibility index (Phi) is 2.98. The number of carbonyl (C=O) groups excluding carboxylic acids is 1. The van der Waals surface area contributed by atoms with Gasteiger partial charge in [-0.2, -0.15) is 0 Å². The van der Waals surface area contributed by atoms with Gasteiger partial charge in [0.2, 0.25) is 5.91 Å². The molecule has 0 radical (unpaired) electrons. The fraction of sp³-hybridized carbons (Fsp3) is 0.688. The molecular formula is C16H24N2O2. The maximum atomic E-state index is 12.4. The summed E-state index contributed by atoms with van der Waals surface area (Å²) in [6, 6.07) is 2.08. The van der Waals surface area contributed by atoms with E-state index in [0.717, 1.165) is 49.2 Å². The zero-order chi connectivity index (χ0) is 14.5. The number of furan rings is 1. The third-order valence-electron chi connectivity index (χ3n) is 4.74. The molecule has 3 N–H and O–H groups in total. The Labute approximate surface area is 120 Å². The molecule has 1 atom stereocenters. The van der Waals surface area contributed by atoms with Crippen LogP contribution >= 0.6 is 0 Å². The minimum Gasteiger partial charge on any atom is -0.466 e. The highest BCUT2D eigenvalue weighted by Gasteiger charge is 2.43. The Morgan fingerprint density at radius 2 is 2.15 bits per heavy atom. The van der Waals surface area contributed by atoms with Crippen molar-refractivity contribution in [3.8, 4) is 0 Å². The van der Waals surface area contributed by atoms with Gasteiger partial charge in [-0.05, 0) is 44.1 Å². The standard InChI is InChI=1S/C16H24N2O2/c1-10-7-11-12(8-15(2,3)9-13(11)20-10)18-14(19)16(17)5-4-6-16/h7,12H,4-6,8-9,17H2,1-3H3,(H,18,19). The number of fused-ring (bicyclic) bond motifs is 1. The van der Waals surface area contributed by atoms with Gasteiger partial charge in [-0.1, -0.05) is 13.8 Å². The van der Waals surface area contributed by atoms with Gasteiger partial charge in [-0.15, -0.1) is 0 Å². The molecule has 3 rings (SSSR count). The van der Waals surface area contributed by atoms with Gasteiger partial charge in [0.25, 0.3) is 0 Å². The summed E-state index contributed by atoms with van der Waals surface area (Å²) in [5.74, 6) is 1.93. The molecule has 4 heteroatoms. The Morgan fingerprint density at radius 3 is 2.75 bits per heavy atom. The second kappa shape index (κ2) is 4.35. The maximum Gasteiger partial charge on any atom is 0.240 e. The highest BCUT2D eigenvalue weighted by molar-refractivity contribution is 5.87. The van der Waals surface area contributed by atoms with Gasteiger partial charge >= 0.3 is 0 Å². The first-order valence-corrected chi connectivity index (χ1v) is 7.48. The van der Waals surface area contributed by atoms with Crippen LogP contribution in [0.2, 0.25) is 0 Å². The van der Waals surface area contributed by atoms with Crippen LogP contribution in [0.3, 0.4) is 0 Å². The van der Waals surface area contributed by atoms with E-state index < -0.39 is 5.54 Å². The van der Waals surface area contributed by atoms with Crippen molar-refractivity contribution in [1.29, 1.82) is 0 Å². The Morgan fingerprint density at radius 1 is 1.45 bits per heavy atom. The van der Waals surface area contributed by atoms with Crippen molar-refractivity contribution in [3.05, 3.63) is 23.2 Å². The second-order valence-corrected chi connectivity index (χ2v) is 7.32. The second-order valence-electron chi connectivity index (χ2n) is 7.32. The molecule has 1 heterocycles. The Hall–Kier alpha value is -1.29. The first-order chi connectivity index (χ1) is 9.29. The summed E-state index contributed by atoms with van der Waals surface area (Å²) in [5.41, 5.74) is 6.76. The van der Waals surface area contributed by atoms with Crippen LogP contribution in [-0.2, 0) is 11.2 Å². The molecule has 110 valence electrons. The van der Waals surface area contributed by atoms with E-state index in [-0.39, 0.29) is 17.4 Å². The number of hydrogen-bond donors (Lipinski definition) is 2. The largest absolute Gasteiger partial charge is 0.466 e. The zero-order valence-electron chi connectivity index (χ0n) is 12.6. The average molecular weight is 276 g/mol. The van der Waals surface area contributed by atoms with E-state index in [4.69, 9.17) is 10.2 Å². The fourth-order valence-electron chi connectivity index (χ4n) is 3.40. The molecule has 0 bridgehead atoms. The van der Waals surface area contributed by atoms with Gasteiger partial charge in [0.1, 0.15) is 11.5 Å². The monoisotopic (exact) mass is 276 g/mol. The SMILES string of the molecule is Cc1cc2c(o1)CC(C)(C)CC2NC(=O)C1(N)CCC1. The van der Waals surface area contributed by atoms with Crippen LogP contribution < -0.4 is 11.1 Å². The van der Waals surface area contributed by atoms with Crippen molar-refractivity contribution in [2.75, 3.05) is 0 Å². The van der Waals surface area contributed by atoms with E-state index in [9.17, 15) is 4.79 Å². The third-order valence-corrected chi connectivity index (χ3v) is 4.74. The highest BCUT2D eigenvalue weighted by Crippen LogP contribution is 2.42. The summed E-state index contributed by atoms with van der Waals surface area (Å²) in [4.78, 5) is 12.4. The summed E-state index contributed by atoms with van der Waals surface area (Å²) in [7, 11) is 0. The molecule has 1 saturated carbocycles. The van der Waals surface area contributed by atoms with Crippen LogP contribution in [-0.4, -0.2) is 11.4 Å². The zero-order valence-corrected chi connectivity index (χ0v) is 12.6. The van der Waals surface area contributed by atoms with Crippen LogP contribution in [0.4, 0.5) is 0 Å². The maximum absolute atomic E-state index is 12.4. The van der Waals surface area contributed by atoms with Crippen molar-refractivity contribution in [1.82, 2.24) is 5.32 Å². The molecular weight excluding hydrogens is 252 g/mol. The first kappa shape index (κ1) is 13.7. The number of aryl methyl sites for hydroxylation is 1. The molecule has 1 aromatic heterocycles. The molecule has 0 saturated heterocycles. The molecule has 4 nitrogen and oxygen atoms in total. The van der Waals surface area contributed by atoms with Gasteiger partial charge in [0.05, 0.1) is 11.6 Å². The summed E-state index contributed by atoms with van der Waals surface area (Å²) in [6.07, 6.45) is 4.51. The summed E-state index contributed by atoms with van der Waals surface area (Å²) < 4.78 is 5.80.